The highest BCUT2D eigenvalue weighted by molar-refractivity contribution is 7.82. The van der Waals surface area contributed by atoms with Crippen LogP contribution in [0.4, 0.5) is 4.39 Å². The number of hydrogen-bond acceptors (Lipinski definition) is 6. The van der Waals surface area contributed by atoms with E-state index in [0.717, 1.165) is 60.2 Å². The summed E-state index contributed by atoms with van der Waals surface area (Å²) >= 11 is 1.33. The molecule has 0 radical (unpaired) electrons. The molecule has 10 heteroatoms. The fourth-order valence-electron chi connectivity index (χ4n) is 5.55. The molecule has 2 aromatic carbocycles. The quantitative estimate of drug-likeness (QED) is 0.174. The number of rotatable bonds is 9. The van der Waals surface area contributed by atoms with Crippen LogP contribution in [0.2, 0.25) is 0 Å². The van der Waals surface area contributed by atoms with E-state index in [1.54, 1.807) is 18.4 Å². The van der Waals surface area contributed by atoms with Crippen LogP contribution in [0.15, 0.2) is 52.7 Å². The molecule has 222 valence electrons. The highest BCUT2D eigenvalue weighted by Gasteiger charge is 2.29. The maximum absolute atomic E-state index is 14.9. The number of carbonyl (C=O) groups excluding carboxylic acids is 1. The summed E-state index contributed by atoms with van der Waals surface area (Å²) in [6.07, 6.45) is 8.22. The average Bonchev–Trinajstić information content (AvgIpc) is 3.35. The third kappa shape index (κ3) is 6.80. The Kier molecular flexibility index (Phi) is 8.84. The second kappa shape index (κ2) is 12.9. The Morgan fingerprint density at radius 2 is 2.00 bits per heavy atom. The Labute approximate surface area is 257 Å². The minimum Gasteiger partial charge on any atom is -0.461 e. The molecule has 2 saturated carbocycles. The SMILES string of the molecule is CCOC(=O)c1csc(-n2nc(-c3cccc(C#CC4CCCC4)c3)c(Cc3ccc(S(N)=O)c(F)c3)c2CC2CC2)n1. The molecule has 2 N–H and O–H groups in total. The van der Waals surface area contributed by atoms with Crippen molar-refractivity contribution < 1.29 is 18.1 Å². The molecular weight excluding hydrogens is 584 g/mol. The number of carbonyl (C=O) groups is 1. The van der Waals surface area contributed by atoms with Crippen molar-refractivity contribution in [3.63, 3.8) is 0 Å². The first kappa shape index (κ1) is 29.4. The minimum atomic E-state index is -1.91. The van der Waals surface area contributed by atoms with Crippen molar-refractivity contribution >= 4 is 28.3 Å². The van der Waals surface area contributed by atoms with Crippen LogP contribution in [0, 0.1) is 29.5 Å². The monoisotopic (exact) mass is 616 g/mol. The van der Waals surface area contributed by atoms with E-state index >= 15 is 0 Å². The van der Waals surface area contributed by atoms with Gasteiger partial charge < -0.3 is 4.74 Å². The van der Waals surface area contributed by atoms with Gasteiger partial charge in [0, 0.05) is 34.4 Å². The fourth-order valence-corrected chi connectivity index (χ4v) is 6.77. The van der Waals surface area contributed by atoms with E-state index in [4.69, 9.17) is 15.0 Å². The maximum atomic E-state index is 14.9. The number of nitrogens with two attached hydrogens (primary N) is 1. The molecule has 2 aromatic heterocycles. The molecule has 2 aliphatic rings. The smallest absolute Gasteiger partial charge is 0.357 e. The van der Waals surface area contributed by atoms with Crippen molar-refractivity contribution in [2.24, 2.45) is 17.0 Å². The van der Waals surface area contributed by atoms with Crippen molar-refractivity contribution in [1.29, 1.82) is 0 Å². The first-order valence-corrected chi connectivity index (χ1v) is 16.8. The average molecular weight is 617 g/mol. The van der Waals surface area contributed by atoms with E-state index in [-0.39, 0.29) is 17.2 Å². The summed E-state index contributed by atoms with van der Waals surface area (Å²) in [6, 6.07) is 12.7. The highest BCUT2D eigenvalue weighted by Crippen LogP contribution is 2.38. The maximum Gasteiger partial charge on any atom is 0.357 e. The molecule has 4 aromatic rings. The molecule has 0 amide bonds. The number of aromatic nitrogens is 3. The Balaban J connectivity index is 1.46. The van der Waals surface area contributed by atoms with Crippen LogP contribution < -0.4 is 5.14 Å². The topological polar surface area (TPSA) is 100 Å². The summed E-state index contributed by atoms with van der Waals surface area (Å²) < 4.78 is 33.6. The van der Waals surface area contributed by atoms with Crippen LogP contribution in [0.3, 0.4) is 0 Å². The van der Waals surface area contributed by atoms with Crippen LogP contribution in [0.5, 0.6) is 0 Å². The van der Waals surface area contributed by atoms with Gasteiger partial charge in [-0.1, -0.05) is 42.9 Å². The lowest BCUT2D eigenvalue weighted by Gasteiger charge is -2.10. The summed E-state index contributed by atoms with van der Waals surface area (Å²) in [5.41, 5.74) is 5.50. The van der Waals surface area contributed by atoms with Crippen molar-refractivity contribution in [2.45, 2.75) is 63.2 Å². The summed E-state index contributed by atoms with van der Waals surface area (Å²) in [4.78, 5) is 17.0. The summed E-state index contributed by atoms with van der Waals surface area (Å²) in [7, 11) is -1.91. The standard InChI is InChI=1S/C33H33FN4O3S2/c1-2-41-32(39)28-20-42-33(36-28)38-29(19-23-12-13-23)26(17-24-14-15-30(43(35)40)27(34)18-24)31(37-38)25-9-5-8-22(16-25)11-10-21-6-3-4-7-21/h5,8-9,14-16,18,20-21,23H,2-4,6-7,12-13,17,19,35H2,1H3. The Bertz CT molecular complexity index is 1740. The Morgan fingerprint density at radius 3 is 2.72 bits per heavy atom. The van der Waals surface area contributed by atoms with Crippen molar-refractivity contribution in [1.82, 2.24) is 14.8 Å². The van der Waals surface area contributed by atoms with Gasteiger partial charge >= 0.3 is 5.97 Å². The highest BCUT2D eigenvalue weighted by atomic mass is 32.2. The van der Waals surface area contributed by atoms with Crippen LogP contribution >= 0.6 is 11.3 Å². The second-order valence-corrected chi connectivity index (χ2v) is 13.0. The van der Waals surface area contributed by atoms with Gasteiger partial charge in [-0.05, 0) is 74.8 Å². The number of hydrogen-bond donors (Lipinski definition) is 1. The third-order valence-electron chi connectivity index (χ3n) is 7.93. The van der Waals surface area contributed by atoms with E-state index in [1.807, 2.05) is 22.9 Å². The molecular formula is C33H33FN4O3S2. The zero-order chi connectivity index (χ0) is 29.9. The molecule has 1 unspecified atom stereocenters. The Hall–Kier alpha value is -3.65. The molecule has 0 saturated heterocycles. The predicted molar refractivity (Wildman–Crippen MR) is 166 cm³/mol. The van der Waals surface area contributed by atoms with Gasteiger partial charge in [-0.15, -0.1) is 11.3 Å². The number of nitrogens with zero attached hydrogens (tertiary/aromatic N) is 3. The molecule has 43 heavy (non-hydrogen) atoms. The molecule has 6 rings (SSSR count). The number of benzene rings is 2. The normalized spacial score (nSPS) is 15.7. The fraction of sp³-hybridized carbons (Fsp3) is 0.364. The number of ether oxygens (including phenoxy) is 1. The molecule has 1 atom stereocenters. The van der Waals surface area contributed by atoms with E-state index in [1.165, 1.54) is 36.3 Å². The van der Waals surface area contributed by atoms with Gasteiger partial charge in [0.25, 0.3) is 0 Å². The van der Waals surface area contributed by atoms with Gasteiger partial charge in [-0.3, -0.25) is 0 Å². The van der Waals surface area contributed by atoms with Gasteiger partial charge in [0.1, 0.15) is 16.8 Å². The second-order valence-electron chi connectivity index (χ2n) is 11.1. The van der Waals surface area contributed by atoms with Gasteiger partial charge in [0.15, 0.2) is 5.69 Å². The van der Waals surface area contributed by atoms with Crippen molar-refractivity contribution in [2.75, 3.05) is 6.61 Å². The molecule has 2 heterocycles. The van der Waals surface area contributed by atoms with E-state index in [0.29, 0.717) is 29.0 Å². The van der Waals surface area contributed by atoms with E-state index in [2.05, 4.69) is 22.9 Å². The zero-order valence-corrected chi connectivity index (χ0v) is 25.6. The van der Waals surface area contributed by atoms with Gasteiger partial charge in [-0.2, -0.15) is 5.10 Å². The number of thiazole rings is 1. The van der Waals surface area contributed by atoms with Gasteiger partial charge in [-0.25, -0.2) is 28.2 Å². The third-order valence-corrected chi connectivity index (χ3v) is 9.51. The van der Waals surface area contributed by atoms with Crippen molar-refractivity contribution in [3.05, 3.63) is 81.7 Å². The van der Waals surface area contributed by atoms with Gasteiger partial charge in [0.05, 0.1) is 22.9 Å². The summed E-state index contributed by atoms with van der Waals surface area (Å²) in [5, 5.41) is 12.8. The first-order valence-electron chi connectivity index (χ1n) is 14.7. The lowest BCUT2D eigenvalue weighted by molar-refractivity contribution is 0.0520. The summed E-state index contributed by atoms with van der Waals surface area (Å²) in [6.45, 7) is 2.03. The molecule has 0 aliphatic heterocycles. The van der Waals surface area contributed by atoms with E-state index < -0.39 is 22.8 Å². The molecule has 0 bridgehead atoms. The zero-order valence-electron chi connectivity index (χ0n) is 24.0. The largest absolute Gasteiger partial charge is 0.461 e. The minimum absolute atomic E-state index is 0.0271. The number of halogens is 1. The number of esters is 1. The summed E-state index contributed by atoms with van der Waals surface area (Å²) in [5.74, 6) is 6.73. The molecule has 2 aliphatic carbocycles. The Morgan fingerprint density at radius 1 is 1.19 bits per heavy atom. The van der Waals surface area contributed by atoms with Crippen LogP contribution in [0.1, 0.15) is 78.3 Å². The molecule has 0 spiro atoms. The van der Waals surface area contributed by atoms with Crippen LogP contribution in [0.25, 0.3) is 16.4 Å². The molecule has 2 fully saturated rings. The van der Waals surface area contributed by atoms with E-state index in [9.17, 15) is 13.4 Å². The van der Waals surface area contributed by atoms with Gasteiger partial charge in [0.2, 0.25) is 5.13 Å². The van der Waals surface area contributed by atoms with Crippen molar-refractivity contribution in [3.8, 4) is 28.2 Å². The first-order chi connectivity index (χ1) is 20.9. The predicted octanol–water partition coefficient (Wildman–Crippen LogP) is 6.38. The van der Waals surface area contributed by atoms with Crippen LogP contribution in [-0.2, 0) is 28.6 Å². The van der Waals surface area contributed by atoms with Crippen LogP contribution in [-0.4, -0.2) is 31.5 Å². The lowest BCUT2D eigenvalue weighted by atomic mass is 9.96. The molecule has 7 nitrogen and oxygen atoms in total. The lowest BCUT2D eigenvalue weighted by Crippen LogP contribution is -2.08.